The Hall–Kier alpha value is -0.0800. The third kappa shape index (κ3) is 2.71. The Morgan fingerprint density at radius 1 is 1.43 bits per heavy atom. The minimum atomic E-state index is 0.508. The molecule has 1 unspecified atom stereocenters. The second kappa shape index (κ2) is 4.63. The van der Waals surface area contributed by atoms with E-state index in [1.165, 1.54) is 19.5 Å². The summed E-state index contributed by atoms with van der Waals surface area (Å²) in [6.45, 7) is 13.1. The molecule has 0 saturated carbocycles. The van der Waals surface area contributed by atoms with Gasteiger partial charge in [-0.15, -0.1) is 0 Å². The van der Waals surface area contributed by atoms with E-state index in [0.29, 0.717) is 11.5 Å². The molecule has 1 aliphatic heterocycles. The molecular formula is C12H26N2. The first-order valence-corrected chi connectivity index (χ1v) is 5.86. The maximum Gasteiger partial charge on any atom is 0.00387 e. The molecule has 1 N–H and O–H groups in total. The zero-order chi connectivity index (χ0) is 10.8. The van der Waals surface area contributed by atoms with E-state index >= 15 is 0 Å². The molecule has 1 rings (SSSR count). The fourth-order valence-corrected chi connectivity index (χ4v) is 2.31. The van der Waals surface area contributed by atoms with Crippen LogP contribution >= 0.6 is 0 Å². The lowest BCUT2D eigenvalue weighted by molar-refractivity contribution is 0.0435. The second-order valence-corrected chi connectivity index (χ2v) is 5.58. The standard InChI is InChI=1S/C12H26N2/c1-10(2)14-7-6-12(3,4)11(9-14)8-13-5/h10-11,13H,6-9H2,1-5H3. The Morgan fingerprint density at radius 3 is 2.57 bits per heavy atom. The third-order valence-electron chi connectivity index (χ3n) is 3.78. The van der Waals surface area contributed by atoms with E-state index < -0.39 is 0 Å². The highest BCUT2D eigenvalue weighted by Gasteiger charge is 2.35. The topological polar surface area (TPSA) is 15.3 Å². The van der Waals surface area contributed by atoms with Crippen LogP contribution in [0.2, 0.25) is 0 Å². The minimum absolute atomic E-state index is 0.508. The van der Waals surface area contributed by atoms with E-state index in [1.54, 1.807) is 0 Å². The SMILES string of the molecule is CNCC1CN(C(C)C)CCC1(C)C. The molecule has 0 amide bonds. The fourth-order valence-electron chi connectivity index (χ4n) is 2.31. The average molecular weight is 198 g/mol. The molecule has 84 valence electrons. The summed E-state index contributed by atoms with van der Waals surface area (Å²) in [7, 11) is 2.06. The lowest BCUT2D eigenvalue weighted by Crippen LogP contribution is -2.50. The Labute approximate surface area is 89.1 Å². The predicted octanol–water partition coefficient (Wildman–Crippen LogP) is 1.96. The van der Waals surface area contributed by atoms with E-state index in [1.807, 2.05) is 0 Å². The van der Waals surface area contributed by atoms with Crippen LogP contribution in [-0.4, -0.2) is 37.6 Å². The van der Waals surface area contributed by atoms with E-state index in [0.717, 1.165) is 12.5 Å². The van der Waals surface area contributed by atoms with E-state index in [2.05, 4.69) is 45.0 Å². The number of rotatable bonds is 3. The Morgan fingerprint density at radius 2 is 2.07 bits per heavy atom. The summed E-state index contributed by atoms with van der Waals surface area (Å²) < 4.78 is 0. The monoisotopic (exact) mass is 198 g/mol. The Balaban J connectivity index is 2.58. The molecule has 1 heterocycles. The Kier molecular flexibility index (Phi) is 3.96. The molecule has 1 saturated heterocycles. The van der Waals surface area contributed by atoms with Gasteiger partial charge in [0.25, 0.3) is 0 Å². The van der Waals surface area contributed by atoms with Crippen molar-refractivity contribution in [3.8, 4) is 0 Å². The summed E-state index contributed by atoms with van der Waals surface area (Å²) in [6.07, 6.45) is 1.33. The molecule has 0 radical (unpaired) electrons. The van der Waals surface area contributed by atoms with Gasteiger partial charge in [-0.3, -0.25) is 0 Å². The van der Waals surface area contributed by atoms with Crippen LogP contribution in [0.5, 0.6) is 0 Å². The number of piperidine rings is 1. The fraction of sp³-hybridized carbons (Fsp3) is 1.00. The number of likely N-dealkylation sites (tertiary alicyclic amines) is 1. The summed E-state index contributed by atoms with van der Waals surface area (Å²) in [6, 6.07) is 0.699. The highest BCUT2D eigenvalue weighted by molar-refractivity contribution is 4.88. The van der Waals surface area contributed by atoms with Crippen molar-refractivity contribution >= 4 is 0 Å². The van der Waals surface area contributed by atoms with Crippen molar-refractivity contribution in [3.63, 3.8) is 0 Å². The van der Waals surface area contributed by atoms with Crippen LogP contribution in [0.3, 0.4) is 0 Å². The van der Waals surface area contributed by atoms with Crippen LogP contribution in [-0.2, 0) is 0 Å². The molecule has 0 aromatic rings. The maximum absolute atomic E-state index is 3.33. The number of nitrogens with one attached hydrogen (secondary N) is 1. The van der Waals surface area contributed by atoms with Crippen LogP contribution in [0, 0.1) is 11.3 Å². The normalized spacial score (nSPS) is 28.3. The van der Waals surface area contributed by atoms with Gasteiger partial charge in [0.05, 0.1) is 0 Å². The molecule has 1 aliphatic rings. The van der Waals surface area contributed by atoms with Gasteiger partial charge < -0.3 is 10.2 Å². The first-order chi connectivity index (χ1) is 6.47. The van der Waals surface area contributed by atoms with Crippen molar-refractivity contribution < 1.29 is 0 Å². The van der Waals surface area contributed by atoms with Crippen molar-refractivity contribution in [2.45, 2.75) is 40.2 Å². The molecule has 1 atom stereocenters. The van der Waals surface area contributed by atoms with Gasteiger partial charge in [0.2, 0.25) is 0 Å². The van der Waals surface area contributed by atoms with Gasteiger partial charge in [-0.1, -0.05) is 13.8 Å². The second-order valence-electron chi connectivity index (χ2n) is 5.58. The van der Waals surface area contributed by atoms with Crippen molar-refractivity contribution in [1.29, 1.82) is 0 Å². The van der Waals surface area contributed by atoms with Crippen molar-refractivity contribution in [3.05, 3.63) is 0 Å². The van der Waals surface area contributed by atoms with Gasteiger partial charge >= 0.3 is 0 Å². The lowest BCUT2D eigenvalue weighted by atomic mass is 9.73. The van der Waals surface area contributed by atoms with Gasteiger partial charge in [-0.25, -0.2) is 0 Å². The molecule has 0 aromatic heterocycles. The highest BCUT2D eigenvalue weighted by atomic mass is 15.2. The van der Waals surface area contributed by atoms with Gasteiger partial charge in [-0.05, 0) is 51.7 Å². The molecule has 0 bridgehead atoms. The van der Waals surface area contributed by atoms with Crippen LogP contribution in [0.15, 0.2) is 0 Å². The van der Waals surface area contributed by atoms with Crippen molar-refractivity contribution in [2.75, 3.05) is 26.7 Å². The van der Waals surface area contributed by atoms with E-state index in [9.17, 15) is 0 Å². The largest absolute Gasteiger partial charge is 0.319 e. The quantitative estimate of drug-likeness (QED) is 0.746. The molecular weight excluding hydrogens is 172 g/mol. The summed E-state index contributed by atoms with van der Waals surface area (Å²) in [5, 5.41) is 3.33. The summed E-state index contributed by atoms with van der Waals surface area (Å²) in [5.74, 6) is 0.795. The van der Waals surface area contributed by atoms with Crippen LogP contribution in [0.25, 0.3) is 0 Å². The molecule has 2 heteroatoms. The smallest absolute Gasteiger partial charge is 0.00387 e. The number of hydrogen-bond donors (Lipinski definition) is 1. The lowest BCUT2D eigenvalue weighted by Gasteiger charge is -2.45. The van der Waals surface area contributed by atoms with Crippen LogP contribution in [0.1, 0.15) is 34.1 Å². The molecule has 1 fully saturated rings. The first kappa shape index (κ1) is 12.0. The van der Waals surface area contributed by atoms with Crippen LogP contribution in [0.4, 0.5) is 0 Å². The number of hydrogen-bond acceptors (Lipinski definition) is 2. The zero-order valence-electron chi connectivity index (χ0n) is 10.4. The van der Waals surface area contributed by atoms with Gasteiger partial charge in [0, 0.05) is 12.6 Å². The van der Waals surface area contributed by atoms with Gasteiger partial charge in [-0.2, -0.15) is 0 Å². The average Bonchev–Trinajstić information content (AvgIpc) is 2.08. The minimum Gasteiger partial charge on any atom is -0.319 e. The van der Waals surface area contributed by atoms with E-state index in [4.69, 9.17) is 0 Å². The van der Waals surface area contributed by atoms with E-state index in [-0.39, 0.29) is 0 Å². The predicted molar refractivity (Wildman–Crippen MR) is 62.5 cm³/mol. The zero-order valence-corrected chi connectivity index (χ0v) is 10.4. The van der Waals surface area contributed by atoms with Gasteiger partial charge in [0.1, 0.15) is 0 Å². The molecule has 0 aromatic carbocycles. The third-order valence-corrected chi connectivity index (χ3v) is 3.78. The van der Waals surface area contributed by atoms with Crippen molar-refractivity contribution in [2.24, 2.45) is 11.3 Å². The maximum atomic E-state index is 3.33. The Bertz CT molecular complexity index is 175. The van der Waals surface area contributed by atoms with Gasteiger partial charge in [0.15, 0.2) is 0 Å². The molecule has 14 heavy (non-hydrogen) atoms. The molecule has 2 nitrogen and oxygen atoms in total. The first-order valence-electron chi connectivity index (χ1n) is 5.86. The summed E-state index contributed by atoms with van der Waals surface area (Å²) in [5.41, 5.74) is 0.508. The summed E-state index contributed by atoms with van der Waals surface area (Å²) in [4.78, 5) is 2.60. The van der Waals surface area contributed by atoms with Crippen molar-refractivity contribution in [1.82, 2.24) is 10.2 Å². The highest BCUT2D eigenvalue weighted by Crippen LogP contribution is 2.35. The molecule has 0 aliphatic carbocycles. The number of nitrogens with zero attached hydrogens (tertiary/aromatic N) is 1. The molecule has 0 spiro atoms. The van der Waals surface area contributed by atoms with Crippen LogP contribution < -0.4 is 5.32 Å². The summed E-state index contributed by atoms with van der Waals surface area (Å²) >= 11 is 0.